The average molecular weight is 387 g/mol. The van der Waals surface area contributed by atoms with E-state index in [4.69, 9.17) is 14.5 Å². The summed E-state index contributed by atoms with van der Waals surface area (Å²) in [7, 11) is 9.86. The molecule has 0 radical (unpaired) electrons. The van der Waals surface area contributed by atoms with Crippen molar-refractivity contribution < 1.29 is 19.1 Å². The van der Waals surface area contributed by atoms with Gasteiger partial charge in [-0.25, -0.2) is 14.6 Å². The summed E-state index contributed by atoms with van der Waals surface area (Å²) < 4.78 is 10.0. The minimum Gasteiger partial charge on any atom is -0.465 e. The molecule has 0 aromatic carbocycles. The largest absolute Gasteiger partial charge is 0.465 e. The highest BCUT2D eigenvalue weighted by atomic mass is 16.5. The number of fused-ring (bicyclic) bond motifs is 1. The monoisotopic (exact) mass is 387 g/mol. The van der Waals surface area contributed by atoms with Crippen LogP contribution in [0.5, 0.6) is 0 Å². The second-order valence-electron chi connectivity index (χ2n) is 8.10. The minimum absolute atomic E-state index is 0.0866. The molecule has 7 nitrogen and oxygen atoms in total. The van der Waals surface area contributed by atoms with E-state index in [0.29, 0.717) is 17.2 Å². The van der Waals surface area contributed by atoms with Crippen LogP contribution in [0.15, 0.2) is 12.1 Å². The highest BCUT2D eigenvalue weighted by Crippen LogP contribution is 2.42. The molecule has 1 heterocycles. The number of ether oxygens (including phenoxy) is 2. The van der Waals surface area contributed by atoms with Crippen molar-refractivity contribution in [2.24, 2.45) is 0 Å². The predicted molar refractivity (Wildman–Crippen MR) is 111 cm³/mol. The van der Waals surface area contributed by atoms with E-state index < -0.39 is 11.9 Å². The van der Waals surface area contributed by atoms with Crippen LogP contribution in [0.25, 0.3) is 11.1 Å². The van der Waals surface area contributed by atoms with Crippen LogP contribution in [0, 0.1) is 0 Å². The van der Waals surface area contributed by atoms with Crippen LogP contribution in [0.3, 0.4) is 0 Å². The van der Waals surface area contributed by atoms with Crippen LogP contribution in [0.4, 0.5) is 11.6 Å². The summed E-state index contributed by atoms with van der Waals surface area (Å²) >= 11 is 0. The molecular weight excluding hydrogens is 358 g/mol. The number of carbonyl (C=O) groups is 2. The van der Waals surface area contributed by atoms with Gasteiger partial charge in [0.25, 0.3) is 0 Å². The van der Waals surface area contributed by atoms with E-state index in [2.05, 4.69) is 20.8 Å². The van der Waals surface area contributed by atoms with Crippen LogP contribution in [0.2, 0.25) is 0 Å². The summed E-state index contributed by atoms with van der Waals surface area (Å²) in [6, 6.07) is 3.95. The fraction of sp³-hybridized carbons (Fsp3) is 0.476. The maximum atomic E-state index is 12.8. The van der Waals surface area contributed by atoms with Gasteiger partial charge in [-0.2, -0.15) is 0 Å². The molecule has 0 atom stereocenters. The number of nitrogens with zero attached hydrogens (tertiary/aromatic N) is 3. The molecule has 7 heteroatoms. The number of hydrogen-bond acceptors (Lipinski definition) is 7. The number of carbonyl (C=O) groups excluding carboxylic acids is 2. The van der Waals surface area contributed by atoms with Crippen LogP contribution < -0.4 is 9.80 Å². The molecule has 0 bridgehead atoms. The van der Waals surface area contributed by atoms with Crippen molar-refractivity contribution in [3.8, 4) is 11.1 Å². The molecule has 0 fully saturated rings. The van der Waals surface area contributed by atoms with Gasteiger partial charge in [0.15, 0.2) is 0 Å². The molecule has 0 saturated heterocycles. The molecule has 0 aromatic rings. The quantitative estimate of drug-likeness (QED) is 0.746. The van der Waals surface area contributed by atoms with Crippen LogP contribution in [-0.2, 0) is 14.9 Å². The molecule has 152 valence electrons. The van der Waals surface area contributed by atoms with Crippen molar-refractivity contribution in [2.75, 3.05) is 52.2 Å². The first-order valence-corrected chi connectivity index (χ1v) is 8.97. The van der Waals surface area contributed by atoms with Gasteiger partial charge in [-0.1, -0.05) is 20.8 Å². The Balaban J connectivity index is 3.16. The molecule has 0 spiro atoms. The highest BCUT2D eigenvalue weighted by Gasteiger charge is 2.32. The van der Waals surface area contributed by atoms with Crippen molar-refractivity contribution in [1.82, 2.24) is 4.98 Å². The van der Waals surface area contributed by atoms with Gasteiger partial charge in [0, 0.05) is 39.3 Å². The topological polar surface area (TPSA) is 72.0 Å². The lowest BCUT2D eigenvalue weighted by molar-refractivity contribution is 0.0556. The summed E-state index contributed by atoms with van der Waals surface area (Å²) in [6.45, 7) is 6.27. The fourth-order valence-electron chi connectivity index (χ4n) is 3.07. The molecule has 2 rings (SSSR count). The predicted octanol–water partition coefficient (Wildman–Crippen LogP) is 3.19. The van der Waals surface area contributed by atoms with Gasteiger partial charge in [-0.05, 0) is 23.1 Å². The number of anilines is 2. The molecule has 0 aromatic heterocycles. The van der Waals surface area contributed by atoms with Gasteiger partial charge in [0.05, 0.1) is 19.8 Å². The van der Waals surface area contributed by atoms with Gasteiger partial charge < -0.3 is 19.3 Å². The third-order valence-corrected chi connectivity index (χ3v) is 4.58. The van der Waals surface area contributed by atoms with E-state index in [1.807, 2.05) is 31.1 Å². The molecule has 0 N–H and O–H groups in total. The Hall–Kier alpha value is -2.83. The fourth-order valence-corrected chi connectivity index (χ4v) is 3.07. The van der Waals surface area contributed by atoms with Crippen molar-refractivity contribution in [3.05, 3.63) is 28.8 Å². The Morgan fingerprint density at radius 3 is 1.71 bits per heavy atom. The third kappa shape index (κ3) is 3.74. The van der Waals surface area contributed by atoms with Crippen molar-refractivity contribution in [3.63, 3.8) is 0 Å². The average Bonchev–Trinajstić information content (AvgIpc) is 2.98. The summed E-state index contributed by atoms with van der Waals surface area (Å²) in [5.74, 6) is -0.265. The summed E-state index contributed by atoms with van der Waals surface area (Å²) in [4.78, 5) is 33.9. The normalized spacial score (nSPS) is 11.3. The summed E-state index contributed by atoms with van der Waals surface area (Å²) in [6.07, 6.45) is 0. The van der Waals surface area contributed by atoms with E-state index in [0.717, 1.165) is 11.1 Å². The van der Waals surface area contributed by atoms with Gasteiger partial charge >= 0.3 is 11.9 Å². The minimum atomic E-state index is -0.641. The number of hydrogen-bond donors (Lipinski definition) is 0. The van der Waals surface area contributed by atoms with Gasteiger partial charge in [-0.15, -0.1) is 0 Å². The highest BCUT2D eigenvalue weighted by molar-refractivity contribution is 6.11. The van der Waals surface area contributed by atoms with Crippen LogP contribution in [-0.4, -0.2) is 59.3 Å². The van der Waals surface area contributed by atoms with Crippen LogP contribution in [0.1, 0.15) is 47.1 Å². The first kappa shape index (κ1) is 21.5. The van der Waals surface area contributed by atoms with Gasteiger partial charge in [-0.3, -0.25) is 0 Å². The van der Waals surface area contributed by atoms with E-state index >= 15 is 0 Å². The Kier molecular flexibility index (Phi) is 5.87. The number of methoxy groups -OCH3 is 2. The van der Waals surface area contributed by atoms with Crippen molar-refractivity contribution >= 4 is 23.6 Å². The molecule has 0 unspecified atom stereocenters. The molecule has 0 saturated carbocycles. The zero-order valence-corrected chi connectivity index (χ0v) is 18.1. The zero-order chi connectivity index (χ0) is 21.4. The Morgan fingerprint density at radius 1 is 0.821 bits per heavy atom. The van der Waals surface area contributed by atoms with Crippen molar-refractivity contribution in [2.45, 2.75) is 26.2 Å². The standard InChI is InChI=1S/C21H29N3O4/c1-21(2,3)12-10-13-14(11-12)17(23(4)5)22-18(24(6)7)16(20(26)28-9)15(13)19(25)27-8/h10-11H,1-9H3. The van der Waals surface area contributed by atoms with Crippen LogP contribution >= 0.6 is 0 Å². The van der Waals surface area contributed by atoms with E-state index in [-0.39, 0.29) is 16.5 Å². The summed E-state index contributed by atoms with van der Waals surface area (Å²) in [5, 5.41) is 0. The molecule has 1 aliphatic carbocycles. The third-order valence-electron chi connectivity index (χ3n) is 4.58. The Morgan fingerprint density at radius 2 is 1.29 bits per heavy atom. The molecule has 1 aliphatic heterocycles. The lowest BCUT2D eigenvalue weighted by Crippen LogP contribution is -2.20. The van der Waals surface area contributed by atoms with E-state index in [9.17, 15) is 9.59 Å². The Bertz CT molecular complexity index is 882. The van der Waals surface area contributed by atoms with Gasteiger partial charge in [0.2, 0.25) is 0 Å². The molecule has 2 aliphatic rings. The SMILES string of the molecule is COC(=O)c1c2cc(C(C)(C)C)cc-2c(N(C)C)nc(N(C)C)c1C(=O)OC. The first-order valence-electron chi connectivity index (χ1n) is 8.97. The smallest absolute Gasteiger partial charge is 0.342 e. The van der Waals surface area contributed by atoms with Crippen molar-refractivity contribution in [1.29, 1.82) is 0 Å². The lowest BCUT2D eigenvalue weighted by atomic mass is 9.89. The Labute approximate surface area is 166 Å². The molecule has 0 amide bonds. The lowest BCUT2D eigenvalue weighted by Gasteiger charge is -2.18. The van der Waals surface area contributed by atoms with E-state index in [1.165, 1.54) is 14.2 Å². The molecular formula is C21H29N3O4. The second kappa shape index (κ2) is 7.66. The van der Waals surface area contributed by atoms with Gasteiger partial charge in [0.1, 0.15) is 17.2 Å². The maximum Gasteiger partial charge on any atom is 0.342 e. The second-order valence-corrected chi connectivity index (χ2v) is 8.10. The number of esters is 2. The first-order chi connectivity index (χ1) is 12.9. The number of rotatable bonds is 4. The number of aromatic nitrogens is 1. The molecule has 28 heavy (non-hydrogen) atoms. The zero-order valence-electron chi connectivity index (χ0n) is 18.1. The summed E-state index contributed by atoms with van der Waals surface area (Å²) in [5.41, 5.74) is 2.51. The van der Waals surface area contributed by atoms with E-state index in [1.54, 1.807) is 19.0 Å². The maximum absolute atomic E-state index is 12.8.